The van der Waals surface area contributed by atoms with Gasteiger partial charge in [0.2, 0.25) is 10.0 Å². The first-order chi connectivity index (χ1) is 9.42. The third-order valence-electron chi connectivity index (χ3n) is 2.69. The molecule has 0 saturated carbocycles. The SMILES string of the molecule is Cc1cnc(CNS(=O)(=O)c2cc(C#N)ccc2C)s1. The van der Waals surface area contributed by atoms with Gasteiger partial charge in [0.05, 0.1) is 23.1 Å². The van der Waals surface area contributed by atoms with Gasteiger partial charge in [0.15, 0.2) is 0 Å². The Balaban J connectivity index is 2.24. The third kappa shape index (κ3) is 3.22. The zero-order valence-corrected chi connectivity index (χ0v) is 12.7. The van der Waals surface area contributed by atoms with Crippen molar-refractivity contribution >= 4 is 21.4 Å². The molecule has 2 rings (SSSR count). The van der Waals surface area contributed by atoms with Crippen LogP contribution in [0.3, 0.4) is 0 Å². The van der Waals surface area contributed by atoms with E-state index in [0.29, 0.717) is 16.1 Å². The van der Waals surface area contributed by atoms with Crippen LogP contribution in [-0.4, -0.2) is 13.4 Å². The van der Waals surface area contributed by atoms with Crippen molar-refractivity contribution in [1.82, 2.24) is 9.71 Å². The van der Waals surface area contributed by atoms with Gasteiger partial charge in [-0.2, -0.15) is 5.26 Å². The van der Waals surface area contributed by atoms with Crippen LogP contribution in [0.5, 0.6) is 0 Å². The molecule has 7 heteroatoms. The first kappa shape index (κ1) is 14.7. The van der Waals surface area contributed by atoms with Gasteiger partial charge < -0.3 is 0 Å². The Morgan fingerprint density at radius 2 is 2.15 bits per heavy atom. The lowest BCUT2D eigenvalue weighted by atomic mass is 10.2. The highest BCUT2D eigenvalue weighted by Gasteiger charge is 2.17. The number of rotatable bonds is 4. The summed E-state index contributed by atoms with van der Waals surface area (Å²) in [5.41, 5.74) is 0.924. The Morgan fingerprint density at radius 3 is 2.75 bits per heavy atom. The number of benzene rings is 1. The summed E-state index contributed by atoms with van der Waals surface area (Å²) in [5.74, 6) is 0. The van der Waals surface area contributed by atoms with Crippen LogP contribution in [0, 0.1) is 25.2 Å². The fourth-order valence-corrected chi connectivity index (χ4v) is 3.75. The number of hydrogen-bond acceptors (Lipinski definition) is 5. The van der Waals surface area contributed by atoms with E-state index in [2.05, 4.69) is 9.71 Å². The summed E-state index contributed by atoms with van der Waals surface area (Å²) in [6.07, 6.45) is 1.70. The largest absolute Gasteiger partial charge is 0.248 e. The van der Waals surface area contributed by atoms with Crippen molar-refractivity contribution in [2.75, 3.05) is 0 Å². The molecule has 0 fully saturated rings. The number of sulfonamides is 1. The zero-order chi connectivity index (χ0) is 14.8. The fraction of sp³-hybridized carbons (Fsp3) is 0.231. The molecule has 0 aliphatic carbocycles. The Hall–Kier alpha value is -1.75. The zero-order valence-electron chi connectivity index (χ0n) is 11.0. The second kappa shape index (κ2) is 5.71. The van der Waals surface area contributed by atoms with Gasteiger partial charge in [0.25, 0.3) is 0 Å². The third-order valence-corrected chi connectivity index (χ3v) is 5.15. The van der Waals surface area contributed by atoms with E-state index < -0.39 is 10.0 Å². The van der Waals surface area contributed by atoms with E-state index in [1.54, 1.807) is 25.3 Å². The lowest BCUT2D eigenvalue weighted by molar-refractivity contribution is 0.580. The molecule has 5 nitrogen and oxygen atoms in total. The van der Waals surface area contributed by atoms with Crippen molar-refractivity contribution in [3.05, 3.63) is 45.4 Å². The Morgan fingerprint density at radius 1 is 1.40 bits per heavy atom. The first-order valence-corrected chi connectivity index (χ1v) is 8.14. The molecule has 0 radical (unpaired) electrons. The minimum absolute atomic E-state index is 0.129. The maximum atomic E-state index is 12.3. The summed E-state index contributed by atoms with van der Waals surface area (Å²) < 4.78 is 27.0. The van der Waals surface area contributed by atoms with Crippen LogP contribution < -0.4 is 4.72 Å². The van der Waals surface area contributed by atoms with Crippen LogP contribution in [0.4, 0.5) is 0 Å². The molecule has 104 valence electrons. The molecule has 0 aliphatic rings. The van der Waals surface area contributed by atoms with Gasteiger partial charge in [-0.15, -0.1) is 11.3 Å². The van der Waals surface area contributed by atoms with Crippen LogP contribution in [0.2, 0.25) is 0 Å². The van der Waals surface area contributed by atoms with E-state index in [0.717, 1.165) is 4.88 Å². The summed E-state index contributed by atoms with van der Waals surface area (Å²) in [5, 5.41) is 9.56. The van der Waals surface area contributed by atoms with Crippen LogP contribution in [0.25, 0.3) is 0 Å². The van der Waals surface area contributed by atoms with Crippen LogP contribution in [-0.2, 0) is 16.6 Å². The molecule has 0 bridgehead atoms. The van der Waals surface area contributed by atoms with Crippen molar-refractivity contribution in [3.8, 4) is 6.07 Å². The highest BCUT2D eigenvalue weighted by atomic mass is 32.2. The highest BCUT2D eigenvalue weighted by molar-refractivity contribution is 7.89. The van der Waals surface area contributed by atoms with Gasteiger partial charge in [-0.3, -0.25) is 0 Å². The van der Waals surface area contributed by atoms with Gasteiger partial charge in [-0.25, -0.2) is 18.1 Å². The van der Waals surface area contributed by atoms with Gasteiger partial charge in [0.1, 0.15) is 5.01 Å². The number of nitrogens with zero attached hydrogens (tertiary/aromatic N) is 2. The van der Waals surface area contributed by atoms with E-state index in [4.69, 9.17) is 5.26 Å². The lowest BCUT2D eigenvalue weighted by Gasteiger charge is -2.08. The maximum Gasteiger partial charge on any atom is 0.241 e. The van der Waals surface area contributed by atoms with Crippen LogP contribution in [0.15, 0.2) is 29.3 Å². The van der Waals surface area contributed by atoms with Gasteiger partial charge in [0, 0.05) is 11.1 Å². The molecule has 1 aromatic heterocycles. The monoisotopic (exact) mass is 307 g/mol. The van der Waals surface area contributed by atoms with Crippen LogP contribution in [0.1, 0.15) is 21.0 Å². The Labute approximate surface area is 122 Å². The topological polar surface area (TPSA) is 82.8 Å². The van der Waals surface area contributed by atoms with E-state index in [1.165, 1.54) is 17.4 Å². The molecule has 0 aliphatic heterocycles. The van der Waals surface area contributed by atoms with E-state index in [1.807, 2.05) is 13.0 Å². The number of aryl methyl sites for hydroxylation is 2. The number of thiazole rings is 1. The average Bonchev–Trinajstić information content (AvgIpc) is 2.83. The Kier molecular flexibility index (Phi) is 4.18. The molecular weight excluding hydrogens is 294 g/mol. The van der Waals surface area contributed by atoms with Crippen molar-refractivity contribution < 1.29 is 8.42 Å². The van der Waals surface area contributed by atoms with Crippen molar-refractivity contribution in [2.45, 2.75) is 25.3 Å². The molecule has 0 saturated heterocycles. The fourth-order valence-electron chi connectivity index (χ4n) is 1.68. The van der Waals surface area contributed by atoms with E-state index >= 15 is 0 Å². The summed E-state index contributed by atoms with van der Waals surface area (Å²) in [4.78, 5) is 5.27. The van der Waals surface area contributed by atoms with Gasteiger partial charge in [-0.1, -0.05) is 6.07 Å². The first-order valence-electron chi connectivity index (χ1n) is 5.84. The molecular formula is C13H13N3O2S2. The maximum absolute atomic E-state index is 12.3. The summed E-state index contributed by atoms with van der Waals surface area (Å²) in [6.45, 7) is 3.76. The lowest BCUT2D eigenvalue weighted by Crippen LogP contribution is -2.24. The highest BCUT2D eigenvalue weighted by Crippen LogP contribution is 2.18. The number of nitrogens with one attached hydrogen (secondary N) is 1. The molecule has 1 N–H and O–H groups in total. The molecule has 2 aromatic rings. The summed E-state index contributed by atoms with van der Waals surface area (Å²) >= 11 is 1.45. The molecule has 1 heterocycles. The quantitative estimate of drug-likeness (QED) is 0.937. The Bertz CT molecular complexity index is 773. The molecule has 20 heavy (non-hydrogen) atoms. The molecule has 0 atom stereocenters. The summed E-state index contributed by atoms with van der Waals surface area (Å²) in [6, 6.07) is 6.54. The summed E-state index contributed by atoms with van der Waals surface area (Å²) in [7, 11) is -3.65. The predicted octanol–water partition coefficient (Wildman–Crippen LogP) is 2.11. The van der Waals surface area contributed by atoms with Crippen LogP contribution >= 0.6 is 11.3 Å². The predicted molar refractivity (Wildman–Crippen MR) is 76.8 cm³/mol. The second-order valence-corrected chi connectivity index (χ2v) is 7.34. The average molecular weight is 307 g/mol. The number of aromatic nitrogens is 1. The van der Waals surface area contributed by atoms with Gasteiger partial charge in [-0.05, 0) is 31.5 Å². The van der Waals surface area contributed by atoms with E-state index in [9.17, 15) is 8.42 Å². The second-order valence-electron chi connectivity index (χ2n) is 4.28. The van der Waals surface area contributed by atoms with Crippen molar-refractivity contribution in [3.63, 3.8) is 0 Å². The van der Waals surface area contributed by atoms with Gasteiger partial charge >= 0.3 is 0 Å². The van der Waals surface area contributed by atoms with Crippen molar-refractivity contribution in [2.24, 2.45) is 0 Å². The normalized spacial score (nSPS) is 11.2. The molecule has 1 aromatic carbocycles. The molecule has 0 spiro atoms. The minimum atomic E-state index is -3.65. The smallest absolute Gasteiger partial charge is 0.241 e. The van der Waals surface area contributed by atoms with Crippen molar-refractivity contribution in [1.29, 1.82) is 5.26 Å². The molecule has 0 amide bonds. The minimum Gasteiger partial charge on any atom is -0.248 e. The molecule has 0 unspecified atom stereocenters. The number of hydrogen-bond donors (Lipinski definition) is 1. The standard InChI is InChI=1S/C13H13N3O2S2/c1-9-3-4-11(6-14)5-12(9)20(17,18)16-8-13-15-7-10(2)19-13/h3-5,7,16H,8H2,1-2H3. The van der Waals surface area contributed by atoms with E-state index in [-0.39, 0.29) is 11.4 Å². The number of nitriles is 1.